The first-order valence-electron chi connectivity index (χ1n) is 27.0. The Morgan fingerprint density at radius 1 is 0.571 bits per heavy atom. The predicted molar refractivity (Wildman–Crippen MR) is 245 cm³/mol. The quantitative estimate of drug-likeness (QED) is 0.145. The molecule has 0 aromatic carbocycles. The summed E-state index contributed by atoms with van der Waals surface area (Å²) in [4.78, 5) is 0. The lowest BCUT2D eigenvalue weighted by molar-refractivity contribution is 0.0701. The highest BCUT2D eigenvalue weighted by atomic mass is 31.1. The molecule has 0 aromatic rings. The average Bonchev–Trinajstić information content (AvgIpc) is 3.99. The maximum atomic E-state index is 3.23. The fraction of sp³-hybridized carbons (Fsp3) is 0.964. The Kier molecular flexibility index (Phi) is 14.4. The molecule has 0 bridgehead atoms. The van der Waals surface area contributed by atoms with Crippen molar-refractivity contribution >= 4 is 7.92 Å². The van der Waals surface area contributed by atoms with Crippen LogP contribution in [0.15, 0.2) is 11.6 Å². The van der Waals surface area contributed by atoms with E-state index in [0.29, 0.717) is 7.92 Å². The van der Waals surface area contributed by atoms with E-state index in [1.165, 1.54) is 57.0 Å². The Hall–Kier alpha value is 0.170. The van der Waals surface area contributed by atoms with Gasteiger partial charge in [0.15, 0.2) is 0 Å². The van der Waals surface area contributed by atoms with Gasteiger partial charge in [0.2, 0.25) is 0 Å². The summed E-state index contributed by atoms with van der Waals surface area (Å²) in [5.74, 6) is 15.2. The predicted octanol–water partition coefficient (Wildman–Crippen LogP) is 17.0. The molecule has 9 aliphatic rings. The van der Waals surface area contributed by atoms with Crippen molar-refractivity contribution in [2.24, 2.45) is 88.8 Å². The molecule has 0 amide bonds. The lowest BCUT2D eigenvalue weighted by Crippen LogP contribution is -2.37. The second-order valence-electron chi connectivity index (χ2n) is 23.6. The monoisotopic (exact) mass is 785 g/mol. The molecule has 1 aliphatic heterocycles. The van der Waals surface area contributed by atoms with Gasteiger partial charge in [0, 0.05) is 0 Å². The van der Waals surface area contributed by atoms with Crippen LogP contribution in [0, 0.1) is 88.8 Å². The molecule has 17 atom stereocenters. The SMILES string of the molecule is CCC(C)CCC1/C=C(/C2C3CCCCC3C3C(C4CCC(CCC5CCCCP5C5CCCCC5)C4)CCCC23)C(C2CCCCC2C)CCC2CCCC12. The smallest absolute Gasteiger partial charge is 0.0138 e. The molecule has 8 fully saturated rings. The van der Waals surface area contributed by atoms with Gasteiger partial charge in [0.25, 0.3) is 0 Å². The summed E-state index contributed by atoms with van der Waals surface area (Å²) in [6.45, 7) is 7.75. The molecule has 0 nitrogen and oxygen atoms in total. The summed E-state index contributed by atoms with van der Waals surface area (Å²) in [7, 11) is 0.341. The van der Waals surface area contributed by atoms with E-state index in [9.17, 15) is 0 Å². The zero-order chi connectivity index (χ0) is 38.0. The summed E-state index contributed by atoms with van der Waals surface area (Å²) >= 11 is 0. The number of rotatable bonds is 11. The molecule has 318 valence electrons. The van der Waals surface area contributed by atoms with Gasteiger partial charge in [0.05, 0.1) is 0 Å². The molecule has 0 radical (unpaired) electrons. The zero-order valence-corrected chi connectivity index (χ0v) is 38.6. The topological polar surface area (TPSA) is 0 Å². The van der Waals surface area contributed by atoms with E-state index in [1.807, 2.05) is 0 Å². The Morgan fingerprint density at radius 2 is 1.27 bits per heavy atom. The van der Waals surface area contributed by atoms with Gasteiger partial charge in [-0.15, -0.1) is 7.92 Å². The number of hydrogen-bond donors (Lipinski definition) is 0. The molecule has 7 saturated carbocycles. The molecule has 1 heteroatoms. The minimum absolute atomic E-state index is 0.341. The van der Waals surface area contributed by atoms with Crippen LogP contribution in [0.5, 0.6) is 0 Å². The molecule has 9 rings (SSSR count). The largest absolute Gasteiger partial charge is 0.100 e. The van der Waals surface area contributed by atoms with Crippen molar-refractivity contribution in [3.8, 4) is 0 Å². The highest BCUT2D eigenvalue weighted by Crippen LogP contribution is 2.66. The molecular weight excluding hydrogens is 692 g/mol. The first kappa shape index (κ1) is 41.5. The number of allylic oxidation sites excluding steroid dienone is 2. The second kappa shape index (κ2) is 19.5. The van der Waals surface area contributed by atoms with Crippen LogP contribution in [0.25, 0.3) is 0 Å². The molecule has 0 spiro atoms. The third-order valence-corrected chi connectivity index (χ3v) is 24.6. The van der Waals surface area contributed by atoms with E-state index in [4.69, 9.17) is 0 Å². The lowest BCUT2D eigenvalue weighted by Gasteiger charge is -2.46. The van der Waals surface area contributed by atoms with Crippen molar-refractivity contribution in [3.05, 3.63) is 11.6 Å². The fourth-order valence-electron chi connectivity index (χ4n) is 18.0. The van der Waals surface area contributed by atoms with Crippen LogP contribution in [0.2, 0.25) is 0 Å². The third kappa shape index (κ3) is 8.90. The van der Waals surface area contributed by atoms with Gasteiger partial charge in [-0.25, -0.2) is 0 Å². The molecule has 8 aliphatic carbocycles. The molecule has 1 saturated heterocycles. The zero-order valence-electron chi connectivity index (χ0n) is 37.7. The van der Waals surface area contributed by atoms with Crippen molar-refractivity contribution < 1.29 is 0 Å². The Bertz CT molecular complexity index is 1240. The van der Waals surface area contributed by atoms with E-state index >= 15 is 0 Å². The second-order valence-corrected chi connectivity index (χ2v) is 26.5. The van der Waals surface area contributed by atoms with E-state index in [1.54, 1.807) is 160 Å². The van der Waals surface area contributed by atoms with E-state index in [0.717, 1.165) is 94.4 Å². The van der Waals surface area contributed by atoms with Crippen molar-refractivity contribution in [2.75, 3.05) is 6.16 Å². The van der Waals surface area contributed by atoms with E-state index in [2.05, 4.69) is 32.4 Å². The van der Waals surface area contributed by atoms with Crippen molar-refractivity contribution in [3.63, 3.8) is 0 Å². The van der Waals surface area contributed by atoms with Gasteiger partial charge in [-0.3, -0.25) is 0 Å². The van der Waals surface area contributed by atoms with Crippen LogP contribution in [0.1, 0.15) is 226 Å². The van der Waals surface area contributed by atoms with Gasteiger partial charge >= 0.3 is 0 Å². The highest BCUT2D eigenvalue weighted by Gasteiger charge is 2.58. The van der Waals surface area contributed by atoms with Crippen LogP contribution < -0.4 is 0 Å². The first-order valence-corrected chi connectivity index (χ1v) is 28.7. The molecule has 56 heavy (non-hydrogen) atoms. The standard InChI is InChI=1S/C55H93P/c1-4-38(2)27-30-43-37-53(49(46-21-9-8-16-39(46)3)34-32-41-17-14-24-47(41)43)55-51-23-11-10-22-50(51)54-48(25-15-26-52(54)55)42-31-28-40(36-42)29-33-45-20-12-13-35-56(45)44-18-6-5-7-19-44/h37-52,54-55H,4-36H2,1-3H3/b53-37+. The van der Waals surface area contributed by atoms with Gasteiger partial charge in [-0.05, 0) is 215 Å². The average molecular weight is 785 g/mol. The minimum Gasteiger partial charge on any atom is -0.100 e. The Morgan fingerprint density at radius 3 is 2.11 bits per heavy atom. The number of hydrogen-bond acceptors (Lipinski definition) is 0. The summed E-state index contributed by atoms with van der Waals surface area (Å²) in [5.41, 5.74) is 4.51. The summed E-state index contributed by atoms with van der Waals surface area (Å²) < 4.78 is 0. The number of fused-ring (bicyclic) bond motifs is 4. The summed E-state index contributed by atoms with van der Waals surface area (Å²) in [5, 5.41) is 0. The lowest BCUT2D eigenvalue weighted by atomic mass is 9.59. The highest BCUT2D eigenvalue weighted by molar-refractivity contribution is 7.59. The van der Waals surface area contributed by atoms with Crippen LogP contribution in [0.4, 0.5) is 0 Å². The molecular formula is C55H93P. The maximum absolute atomic E-state index is 3.23. The molecule has 17 unspecified atom stereocenters. The first-order chi connectivity index (χ1) is 27.6. The minimum atomic E-state index is 0.341. The van der Waals surface area contributed by atoms with Crippen molar-refractivity contribution in [2.45, 2.75) is 238 Å². The summed E-state index contributed by atoms with van der Waals surface area (Å²) in [6.07, 6.45) is 55.1. The summed E-state index contributed by atoms with van der Waals surface area (Å²) in [6, 6.07) is 0. The van der Waals surface area contributed by atoms with Gasteiger partial charge in [0.1, 0.15) is 0 Å². The van der Waals surface area contributed by atoms with Crippen LogP contribution in [0.3, 0.4) is 0 Å². The van der Waals surface area contributed by atoms with Crippen molar-refractivity contribution in [1.82, 2.24) is 0 Å². The van der Waals surface area contributed by atoms with E-state index in [-0.39, 0.29) is 0 Å². The van der Waals surface area contributed by atoms with Gasteiger partial charge in [-0.2, -0.15) is 0 Å². The third-order valence-electron chi connectivity index (χ3n) is 20.9. The normalized spacial score (nSPS) is 47.9. The van der Waals surface area contributed by atoms with Gasteiger partial charge in [-0.1, -0.05) is 129 Å². The molecule has 1 heterocycles. The Labute approximate surface area is 350 Å². The fourth-order valence-corrected chi connectivity index (χ4v) is 22.0. The Balaban J connectivity index is 0.963. The molecule has 0 N–H and O–H groups in total. The van der Waals surface area contributed by atoms with Crippen LogP contribution >= 0.6 is 7.92 Å². The van der Waals surface area contributed by atoms with Gasteiger partial charge < -0.3 is 0 Å². The molecule has 0 aromatic heterocycles. The van der Waals surface area contributed by atoms with Crippen LogP contribution in [-0.2, 0) is 0 Å². The van der Waals surface area contributed by atoms with E-state index < -0.39 is 0 Å². The van der Waals surface area contributed by atoms with Crippen LogP contribution in [-0.4, -0.2) is 17.5 Å². The van der Waals surface area contributed by atoms with Crippen molar-refractivity contribution in [1.29, 1.82) is 0 Å². The maximum Gasteiger partial charge on any atom is -0.0138 e.